The van der Waals surface area contributed by atoms with E-state index in [9.17, 15) is 0 Å². The third-order valence-corrected chi connectivity index (χ3v) is 4.25. The van der Waals surface area contributed by atoms with Crippen molar-refractivity contribution >= 4 is 0 Å². The second kappa shape index (κ2) is 4.65. The summed E-state index contributed by atoms with van der Waals surface area (Å²) in [5.74, 6) is 2.98. The maximum absolute atomic E-state index is 3.72. The molecule has 0 aromatic heterocycles. The molecule has 0 bridgehead atoms. The van der Waals surface area contributed by atoms with Crippen molar-refractivity contribution < 1.29 is 0 Å². The van der Waals surface area contributed by atoms with Crippen molar-refractivity contribution in [3.05, 3.63) is 0 Å². The SMILES string of the molecule is CCC1CCCC(CNC2CC2C)C1. The van der Waals surface area contributed by atoms with Crippen LogP contribution in [0.2, 0.25) is 0 Å². The minimum absolute atomic E-state index is 0.872. The standard InChI is InChI=1S/C13H25N/c1-3-11-5-4-6-12(8-11)9-14-13-7-10(13)2/h10-14H,3-9H2,1-2H3. The molecule has 0 spiro atoms. The number of hydrogen-bond donors (Lipinski definition) is 1. The predicted octanol–water partition coefficient (Wildman–Crippen LogP) is 3.20. The summed E-state index contributed by atoms with van der Waals surface area (Å²) in [4.78, 5) is 0. The summed E-state index contributed by atoms with van der Waals surface area (Å²) < 4.78 is 0. The summed E-state index contributed by atoms with van der Waals surface area (Å²) >= 11 is 0. The van der Waals surface area contributed by atoms with Crippen molar-refractivity contribution in [2.75, 3.05) is 6.54 Å². The van der Waals surface area contributed by atoms with E-state index in [2.05, 4.69) is 19.2 Å². The first-order valence-electron chi connectivity index (χ1n) is 6.53. The van der Waals surface area contributed by atoms with Gasteiger partial charge in [0, 0.05) is 6.04 Å². The molecule has 4 atom stereocenters. The molecule has 0 saturated heterocycles. The van der Waals surface area contributed by atoms with Gasteiger partial charge in [-0.05, 0) is 43.6 Å². The maximum Gasteiger partial charge on any atom is 0.00965 e. The fraction of sp³-hybridized carbons (Fsp3) is 1.00. The Morgan fingerprint density at radius 1 is 1.14 bits per heavy atom. The van der Waals surface area contributed by atoms with Gasteiger partial charge < -0.3 is 5.32 Å². The van der Waals surface area contributed by atoms with Crippen LogP contribution in [0.5, 0.6) is 0 Å². The van der Waals surface area contributed by atoms with Gasteiger partial charge in [-0.1, -0.05) is 33.1 Å². The van der Waals surface area contributed by atoms with E-state index in [-0.39, 0.29) is 0 Å². The number of nitrogens with one attached hydrogen (secondary N) is 1. The van der Waals surface area contributed by atoms with Crippen LogP contribution in [0, 0.1) is 17.8 Å². The summed E-state index contributed by atoms with van der Waals surface area (Å²) in [6.07, 6.45) is 8.76. The lowest BCUT2D eigenvalue weighted by molar-refractivity contribution is 0.253. The normalized spacial score (nSPS) is 42.4. The molecule has 2 aliphatic rings. The van der Waals surface area contributed by atoms with E-state index in [1.807, 2.05) is 0 Å². The summed E-state index contributed by atoms with van der Waals surface area (Å²) in [6.45, 7) is 6.00. The van der Waals surface area contributed by atoms with Crippen molar-refractivity contribution in [2.24, 2.45) is 17.8 Å². The lowest BCUT2D eigenvalue weighted by atomic mass is 9.80. The Bertz CT molecular complexity index is 178. The Morgan fingerprint density at radius 2 is 1.86 bits per heavy atom. The van der Waals surface area contributed by atoms with Crippen LogP contribution in [-0.2, 0) is 0 Å². The van der Waals surface area contributed by atoms with Crippen LogP contribution in [-0.4, -0.2) is 12.6 Å². The van der Waals surface area contributed by atoms with Gasteiger partial charge in [-0.3, -0.25) is 0 Å². The summed E-state index contributed by atoms with van der Waals surface area (Å²) in [7, 11) is 0. The van der Waals surface area contributed by atoms with Crippen molar-refractivity contribution in [1.82, 2.24) is 5.32 Å². The van der Waals surface area contributed by atoms with E-state index in [1.165, 1.54) is 45.1 Å². The molecule has 2 aliphatic carbocycles. The zero-order valence-corrected chi connectivity index (χ0v) is 9.76. The van der Waals surface area contributed by atoms with Crippen LogP contribution in [0.1, 0.15) is 52.4 Å². The van der Waals surface area contributed by atoms with Crippen LogP contribution in [0.3, 0.4) is 0 Å². The Hall–Kier alpha value is -0.0400. The highest BCUT2D eigenvalue weighted by Gasteiger charge is 2.32. The summed E-state index contributed by atoms with van der Waals surface area (Å²) in [6, 6.07) is 0.872. The van der Waals surface area contributed by atoms with E-state index in [0.29, 0.717) is 0 Å². The van der Waals surface area contributed by atoms with Crippen molar-refractivity contribution in [3.8, 4) is 0 Å². The minimum Gasteiger partial charge on any atom is -0.313 e. The molecule has 2 fully saturated rings. The highest BCUT2D eigenvalue weighted by atomic mass is 15.0. The highest BCUT2D eigenvalue weighted by Crippen LogP contribution is 2.33. The van der Waals surface area contributed by atoms with Crippen molar-refractivity contribution in [1.29, 1.82) is 0 Å². The molecular formula is C13H25N. The smallest absolute Gasteiger partial charge is 0.00965 e. The van der Waals surface area contributed by atoms with E-state index in [4.69, 9.17) is 0 Å². The monoisotopic (exact) mass is 195 g/mol. The van der Waals surface area contributed by atoms with E-state index in [0.717, 1.165) is 23.8 Å². The highest BCUT2D eigenvalue weighted by molar-refractivity contribution is 4.90. The molecule has 2 rings (SSSR count). The molecule has 14 heavy (non-hydrogen) atoms. The van der Waals surface area contributed by atoms with Gasteiger partial charge >= 0.3 is 0 Å². The van der Waals surface area contributed by atoms with Gasteiger partial charge in [0.2, 0.25) is 0 Å². The fourth-order valence-corrected chi connectivity index (χ4v) is 2.88. The molecule has 0 aromatic rings. The molecule has 0 amide bonds. The first-order chi connectivity index (χ1) is 6.79. The van der Waals surface area contributed by atoms with Crippen molar-refractivity contribution in [2.45, 2.75) is 58.4 Å². The first-order valence-corrected chi connectivity index (χ1v) is 6.53. The molecule has 2 saturated carbocycles. The average molecular weight is 195 g/mol. The molecule has 1 N–H and O–H groups in total. The Morgan fingerprint density at radius 3 is 2.50 bits per heavy atom. The van der Waals surface area contributed by atoms with Crippen LogP contribution in [0.4, 0.5) is 0 Å². The lowest BCUT2D eigenvalue weighted by Gasteiger charge is -2.28. The number of hydrogen-bond acceptors (Lipinski definition) is 1. The molecule has 0 heterocycles. The third-order valence-electron chi connectivity index (χ3n) is 4.25. The van der Waals surface area contributed by atoms with Crippen LogP contribution in [0.15, 0.2) is 0 Å². The van der Waals surface area contributed by atoms with Gasteiger partial charge in [0.1, 0.15) is 0 Å². The lowest BCUT2D eigenvalue weighted by Crippen LogP contribution is -2.29. The Balaban J connectivity index is 1.64. The van der Waals surface area contributed by atoms with Crippen molar-refractivity contribution in [3.63, 3.8) is 0 Å². The zero-order chi connectivity index (χ0) is 9.97. The van der Waals surface area contributed by atoms with E-state index in [1.54, 1.807) is 0 Å². The summed E-state index contributed by atoms with van der Waals surface area (Å²) in [5.41, 5.74) is 0. The topological polar surface area (TPSA) is 12.0 Å². The van der Waals surface area contributed by atoms with Crippen LogP contribution >= 0.6 is 0 Å². The van der Waals surface area contributed by atoms with Gasteiger partial charge in [0.05, 0.1) is 0 Å². The van der Waals surface area contributed by atoms with Crippen LogP contribution < -0.4 is 5.32 Å². The molecule has 4 unspecified atom stereocenters. The van der Waals surface area contributed by atoms with E-state index < -0.39 is 0 Å². The van der Waals surface area contributed by atoms with Gasteiger partial charge in [0.15, 0.2) is 0 Å². The van der Waals surface area contributed by atoms with Gasteiger partial charge in [0.25, 0.3) is 0 Å². The quantitative estimate of drug-likeness (QED) is 0.726. The molecular weight excluding hydrogens is 170 g/mol. The zero-order valence-electron chi connectivity index (χ0n) is 9.76. The largest absolute Gasteiger partial charge is 0.313 e. The molecule has 1 nitrogen and oxygen atoms in total. The average Bonchev–Trinajstić information content (AvgIpc) is 2.92. The molecule has 1 heteroatoms. The predicted molar refractivity (Wildman–Crippen MR) is 61.3 cm³/mol. The second-order valence-corrected chi connectivity index (χ2v) is 5.53. The van der Waals surface area contributed by atoms with Gasteiger partial charge in [-0.15, -0.1) is 0 Å². The Kier molecular flexibility index (Phi) is 3.48. The van der Waals surface area contributed by atoms with Gasteiger partial charge in [-0.2, -0.15) is 0 Å². The second-order valence-electron chi connectivity index (χ2n) is 5.53. The maximum atomic E-state index is 3.72. The minimum atomic E-state index is 0.872. The molecule has 82 valence electrons. The first kappa shape index (κ1) is 10.5. The third kappa shape index (κ3) is 2.73. The number of rotatable bonds is 4. The van der Waals surface area contributed by atoms with E-state index >= 15 is 0 Å². The Labute approximate surface area is 88.7 Å². The summed E-state index contributed by atoms with van der Waals surface area (Å²) in [5, 5.41) is 3.72. The molecule has 0 radical (unpaired) electrons. The fourth-order valence-electron chi connectivity index (χ4n) is 2.88. The van der Waals surface area contributed by atoms with Gasteiger partial charge in [-0.25, -0.2) is 0 Å². The van der Waals surface area contributed by atoms with Crippen LogP contribution in [0.25, 0.3) is 0 Å². The molecule has 0 aromatic carbocycles. The molecule has 0 aliphatic heterocycles.